The molecule has 0 amide bonds. The summed E-state index contributed by atoms with van der Waals surface area (Å²) in [5.74, 6) is 0. The van der Waals surface area contributed by atoms with Gasteiger partial charge in [-0.3, -0.25) is 4.90 Å². The van der Waals surface area contributed by atoms with E-state index in [1.54, 1.807) is 0 Å². The Morgan fingerprint density at radius 2 is 1.68 bits per heavy atom. The number of rotatable bonds is 6. The van der Waals surface area contributed by atoms with Crippen molar-refractivity contribution < 1.29 is 13.2 Å². The van der Waals surface area contributed by atoms with Gasteiger partial charge in [0.1, 0.15) is 0 Å². The first kappa shape index (κ1) is 18.8. The van der Waals surface area contributed by atoms with Gasteiger partial charge >= 0.3 is 0 Å². The van der Waals surface area contributed by atoms with Crippen LogP contribution < -0.4 is 4.72 Å². The van der Waals surface area contributed by atoms with Gasteiger partial charge in [-0.05, 0) is 50.9 Å². The molecule has 2 saturated heterocycles. The smallest absolute Gasteiger partial charge is 0.279 e. The first-order valence-electron chi connectivity index (χ1n) is 9.13. The minimum absolute atomic E-state index is 0.0808. The largest absolute Gasteiger partial charge is 0.373 e. The number of likely N-dealkylation sites (tertiary alicyclic amines) is 1. The molecular weight excluding hydrogens is 338 g/mol. The van der Waals surface area contributed by atoms with Gasteiger partial charge in [-0.15, -0.1) is 0 Å². The molecule has 2 heterocycles. The second-order valence-corrected chi connectivity index (χ2v) is 8.91. The molecule has 2 unspecified atom stereocenters. The maximum Gasteiger partial charge on any atom is 0.279 e. The van der Waals surface area contributed by atoms with Gasteiger partial charge < -0.3 is 4.74 Å². The average Bonchev–Trinajstić information content (AvgIpc) is 3.06. The lowest BCUT2D eigenvalue weighted by Crippen LogP contribution is -2.51. The highest BCUT2D eigenvalue weighted by atomic mass is 32.2. The van der Waals surface area contributed by atoms with E-state index < -0.39 is 10.2 Å². The third-order valence-corrected chi connectivity index (χ3v) is 6.37. The van der Waals surface area contributed by atoms with Crippen LogP contribution in [-0.2, 0) is 28.0 Å². The van der Waals surface area contributed by atoms with Crippen LogP contribution in [-0.4, -0.2) is 56.0 Å². The van der Waals surface area contributed by atoms with Gasteiger partial charge in [0.25, 0.3) is 10.2 Å². The van der Waals surface area contributed by atoms with Crippen LogP contribution in [0.5, 0.6) is 0 Å². The Bertz CT molecular complexity index is 664. The van der Waals surface area contributed by atoms with Crippen molar-refractivity contribution in [1.82, 2.24) is 13.9 Å². The van der Waals surface area contributed by atoms with Crippen LogP contribution in [0.4, 0.5) is 0 Å². The summed E-state index contributed by atoms with van der Waals surface area (Å²) in [4.78, 5) is 2.43. The molecule has 1 aromatic rings. The van der Waals surface area contributed by atoms with Crippen molar-refractivity contribution in [3.63, 3.8) is 0 Å². The predicted molar refractivity (Wildman–Crippen MR) is 98.3 cm³/mol. The maximum atomic E-state index is 12.7. The van der Waals surface area contributed by atoms with Crippen LogP contribution in [0.25, 0.3) is 0 Å². The van der Waals surface area contributed by atoms with Gasteiger partial charge in [0.15, 0.2) is 0 Å². The predicted octanol–water partition coefficient (Wildman–Crippen LogP) is 1.73. The van der Waals surface area contributed by atoms with Crippen LogP contribution >= 0.6 is 0 Å². The van der Waals surface area contributed by atoms with E-state index in [0.717, 1.165) is 25.2 Å². The van der Waals surface area contributed by atoms with E-state index in [1.165, 1.54) is 22.7 Å². The molecule has 0 bridgehead atoms. The van der Waals surface area contributed by atoms with Crippen molar-refractivity contribution >= 4 is 10.2 Å². The molecule has 25 heavy (non-hydrogen) atoms. The monoisotopic (exact) mass is 367 g/mol. The molecule has 0 spiro atoms. The first-order valence-corrected chi connectivity index (χ1v) is 10.6. The van der Waals surface area contributed by atoms with Crippen LogP contribution in [0.1, 0.15) is 37.8 Å². The Kier molecular flexibility index (Phi) is 6.12. The zero-order chi connectivity index (χ0) is 17.9. The van der Waals surface area contributed by atoms with Gasteiger partial charge in [0.2, 0.25) is 0 Å². The summed E-state index contributed by atoms with van der Waals surface area (Å²) < 4.78 is 35.2. The fraction of sp³-hybridized carbons (Fsp3) is 0.667. The fourth-order valence-corrected chi connectivity index (χ4v) is 4.99. The lowest BCUT2D eigenvalue weighted by Gasteiger charge is -2.34. The van der Waals surface area contributed by atoms with E-state index in [0.29, 0.717) is 19.6 Å². The number of morpholine rings is 1. The minimum atomic E-state index is -3.50. The molecular formula is C18H29N3O3S. The van der Waals surface area contributed by atoms with Crippen molar-refractivity contribution in [1.29, 1.82) is 0 Å². The highest BCUT2D eigenvalue weighted by Crippen LogP contribution is 2.17. The molecule has 0 aliphatic carbocycles. The molecule has 6 nitrogen and oxygen atoms in total. The molecule has 0 aromatic heterocycles. The highest BCUT2D eigenvalue weighted by molar-refractivity contribution is 7.87. The summed E-state index contributed by atoms with van der Waals surface area (Å²) >= 11 is 0. The van der Waals surface area contributed by atoms with Gasteiger partial charge in [0, 0.05) is 26.2 Å². The Morgan fingerprint density at radius 1 is 1.08 bits per heavy atom. The number of nitrogens with one attached hydrogen (secondary N) is 1. The third kappa shape index (κ3) is 5.01. The summed E-state index contributed by atoms with van der Waals surface area (Å²) in [6.45, 7) is 8.08. The van der Waals surface area contributed by atoms with E-state index in [9.17, 15) is 8.42 Å². The highest BCUT2D eigenvalue weighted by Gasteiger charge is 2.30. The maximum absolute atomic E-state index is 12.7. The fourth-order valence-electron chi connectivity index (χ4n) is 3.65. The quantitative estimate of drug-likeness (QED) is 0.832. The van der Waals surface area contributed by atoms with E-state index in [4.69, 9.17) is 4.74 Å². The Hall–Kier alpha value is -0.990. The molecule has 0 saturated carbocycles. The summed E-state index contributed by atoms with van der Waals surface area (Å²) in [7, 11) is -3.50. The molecule has 0 radical (unpaired) electrons. The number of hydrogen-bond acceptors (Lipinski definition) is 4. The van der Waals surface area contributed by atoms with Crippen molar-refractivity contribution in [2.24, 2.45) is 0 Å². The number of hydrogen-bond donors (Lipinski definition) is 1. The molecule has 1 N–H and O–H groups in total. The topological polar surface area (TPSA) is 61.9 Å². The first-order chi connectivity index (χ1) is 11.9. The van der Waals surface area contributed by atoms with Crippen LogP contribution in [0.3, 0.4) is 0 Å². The Labute approximate surface area is 151 Å². The average molecular weight is 368 g/mol. The molecule has 140 valence electrons. The normalized spacial score (nSPS) is 26.2. The second-order valence-electron chi connectivity index (χ2n) is 7.15. The van der Waals surface area contributed by atoms with Crippen molar-refractivity contribution in [3.8, 4) is 0 Å². The standard InChI is InChI=1S/C18H29N3O3S/c1-15-12-21(13-16(2)24-15)25(22,23)19-11-17-7-3-4-8-18(17)14-20-9-5-6-10-20/h3-4,7-8,15-16,19H,5-6,9-14H2,1-2H3. The van der Waals surface area contributed by atoms with Crippen molar-refractivity contribution in [2.45, 2.75) is 52.0 Å². The summed E-state index contributed by atoms with van der Waals surface area (Å²) in [5, 5.41) is 0. The van der Waals surface area contributed by atoms with Crippen LogP contribution in [0.15, 0.2) is 24.3 Å². The van der Waals surface area contributed by atoms with Crippen LogP contribution in [0, 0.1) is 0 Å². The molecule has 3 rings (SSSR count). The summed E-state index contributed by atoms with van der Waals surface area (Å²) in [6, 6.07) is 8.10. The molecule has 2 fully saturated rings. The van der Waals surface area contributed by atoms with Crippen LogP contribution in [0.2, 0.25) is 0 Å². The van der Waals surface area contributed by atoms with E-state index in [-0.39, 0.29) is 12.2 Å². The zero-order valence-electron chi connectivity index (χ0n) is 15.1. The minimum Gasteiger partial charge on any atom is -0.373 e. The van der Waals surface area contributed by atoms with Crippen molar-refractivity contribution in [3.05, 3.63) is 35.4 Å². The molecule has 7 heteroatoms. The van der Waals surface area contributed by atoms with E-state index >= 15 is 0 Å². The summed E-state index contributed by atoms with van der Waals surface area (Å²) in [6.07, 6.45) is 2.34. The van der Waals surface area contributed by atoms with Crippen molar-refractivity contribution in [2.75, 3.05) is 26.2 Å². The SMILES string of the molecule is CC1CN(S(=O)(=O)NCc2ccccc2CN2CCCC2)CC(C)O1. The zero-order valence-corrected chi connectivity index (χ0v) is 16.0. The summed E-state index contributed by atoms with van der Waals surface area (Å²) in [5.41, 5.74) is 2.25. The van der Waals surface area contributed by atoms with Gasteiger partial charge in [-0.1, -0.05) is 24.3 Å². The Balaban J connectivity index is 1.64. The Morgan fingerprint density at radius 3 is 2.32 bits per heavy atom. The number of benzene rings is 1. The van der Waals surface area contributed by atoms with Gasteiger partial charge in [-0.2, -0.15) is 17.4 Å². The number of nitrogens with zero attached hydrogens (tertiary/aromatic N) is 2. The second kappa shape index (κ2) is 8.14. The third-order valence-electron chi connectivity index (χ3n) is 4.88. The lowest BCUT2D eigenvalue weighted by molar-refractivity contribution is -0.0444. The lowest BCUT2D eigenvalue weighted by atomic mass is 10.1. The van der Waals surface area contributed by atoms with E-state index in [2.05, 4.69) is 15.7 Å². The molecule has 2 atom stereocenters. The van der Waals surface area contributed by atoms with Gasteiger partial charge in [0.05, 0.1) is 12.2 Å². The molecule has 2 aliphatic rings. The van der Waals surface area contributed by atoms with Gasteiger partial charge in [-0.25, -0.2) is 0 Å². The number of ether oxygens (including phenoxy) is 1. The molecule has 1 aromatic carbocycles. The van der Waals surface area contributed by atoms with E-state index in [1.807, 2.05) is 32.0 Å². The molecule has 2 aliphatic heterocycles.